The predicted octanol–water partition coefficient (Wildman–Crippen LogP) is 2.04. The number of hydrogen-bond acceptors (Lipinski definition) is 4. The van der Waals surface area contributed by atoms with Crippen molar-refractivity contribution in [1.82, 2.24) is 4.90 Å². The molecule has 4 nitrogen and oxygen atoms in total. The predicted molar refractivity (Wildman–Crippen MR) is 87.1 cm³/mol. The molecule has 0 bridgehead atoms. The first-order chi connectivity index (χ1) is 10.8. The summed E-state index contributed by atoms with van der Waals surface area (Å²) in [5.74, 6) is 0.776. The van der Waals surface area contributed by atoms with Crippen molar-refractivity contribution in [1.29, 1.82) is 0 Å². The number of likely N-dealkylation sites (tertiary alicyclic amines) is 1. The lowest BCUT2D eigenvalue weighted by Crippen LogP contribution is -2.40. The Bertz CT molecular complexity index is 616. The quantitative estimate of drug-likeness (QED) is 0.857. The summed E-state index contributed by atoms with van der Waals surface area (Å²) in [4.78, 5) is 2.15. The molecule has 2 atom stereocenters. The maximum Gasteiger partial charge on any atom is 0.120 e. The lowest BCUT2D eigenvalue weighted by atomic mass is 10.1. The van der Waals surface area contributed by atoms with Gasteiger partial charge in [0.05, 0.1) is 6.61 Å². The van der Waals surface area contributed by atoms with Crippen LogP contribution < -0.4 is 4.74 Å². The van der Waals surface area contributed by atoms with E-state index in [2.05, 4.69) is 17.0 Å². The van der Waals surface area contributed by atoms with Crippen LogP contribution in [0.2, 0.25) is 0 Å². The number of ether oxygens (including phenoxy) is 1. The second-order valence-corrected chi connectivity index (χ2v) is 5.95. The molecule has 1 aliphatic rings. The Morgan fingerprint density at radius 3 is 2.82 bits per heavy atom. The summed E-state index contributed by atoms with van der Waals surface area (Å²) in [5.41, 5.74) is 0. The molecular weight excluding hydrogens is 278 g/mol. The van der Waals surface area contributed by atoms with E-state index in [1.165, 1.54) is 5.39 Å². The molecule has 2 aromatic rings. The third kappa shape index (κ3) is 3.58. The average Bonchev–Trinajstić information content (AvgIpc) is 3.00. The molecule has 0 spiro atoms. The second-order valence-electron chi connectivity index (χ2n) is 5.95. The molecule has 2 aromatic carbocycles. The second kappa shape index (κ2) is 7.09. The van der Waals surface area contributed by atoms with E-state index in [1.54, 1.807) is 0 Å². The van der Waals surface area contributed by atoms with Crippen LogP contribution in [0.1, 0.15) is 12.8 Å². The molecule has 0 unspecified atom stereocenters. The average molecular weight is 301 g/mol. The molecule has 0 saturated carbocycles. The van der Waals surface area contributed by atoms with Gasteiger partial charge in [-0.2, -0.15) is 0 Å². The van der Waals surface area contributed by atoms with Crippen LogP contribution in [0.25, 0.3) is 10.8 Å². The van der Waals surface area contributed by atoms with Gasteiger partial charge in [-0.1, -0.05) is 30.3 Å². The fourth-order valence-corrected chi connectivity index (χ4v) is 3.12. The smallest absolute Gasteiger partial charge is 0.120 e. The maximum absolute atomic E-state index is 10.1. The highest BCUT2D eigenvalue weighted by Crippen LogP contribution is 2.21. The maximum atomic E-state index is 10.1. The molecule has 1 saturated heterocycles. The van der Waals surface area contributed by atoms with E-state index in [9.17, 15) is 10.2 Å². The lowest BCUT2D eigenvalue weighted by molar-refractivity contribution is 0.0533. The molecule has 0 radical (unpaired) electrons. The third-order valence-electron chi connectivity index (χ3n) is 4.32. The van der Waals surface area contributed by atoms with Gasteiger partial charge in [0.1, 0.15) is 18.5 Å². The summed E-state index contributed by atoms with van der Waals surface area (Å²) in [6.45, 7) is 1.93. The van der Waals surface area contributed by atoms with Crippen molar-refractivity contribution in [2.24, 2.45) is 0 Å². The summed E-state index contributed by atoms with van der Waals surface area (Å²) < 4.78 is 5.72. The summed E-state index contributed by atoms with van der Waals surface area (Å²) in [5, 5.41) is 21.8. The normalized spacial score (nSPS) is 20.4. The van der Waals surface area contributed by atoms with Crippen LogP contribution in [0.5, 0.6) is 5.75 Å². The van der Waals surface area contributed by atoms with Crippen LogP contribution in [-0.2, 0) is 0 Å². The van der Waals surface area contributed by atoms with Gasteiger partial charge in [-0.3, -0.25) is 4.90 Å². The van der Waals surface area contributed by atoms with Crippen LogP contribution >= 0.6 is 0 Å². The fourth-order valence-electron chi connectivity index (χ4n) is 3.12. The molecule has 4 heteroatoms. The highest BCUT2D eigenvalue weighted by Gasteiger charge is 2.25. The van der Waals surface area contributed by atoms with Crippen molar-refractivity contribution in [2.45, 2.75) is 25.0 Å². The molecule has 0 aliphatic carbocycles. The van der Waals surface area contributed by atoms with E-state index in [4.69, 9.17) is 4.74 Å². The third-order valence-corrected chi connectivity index (χ3v) is 4.32. The van der Waals surface area contributed by atoms with Crippen LogP contribution in [0.4, 0.5) is 0 Å². The number of hydrogen-bond donors (Lipinski definition) is 2. The van der Waals surface area contributed by atoms with Crippen molar-refractivity contribution in [3.05, 3.63) is 42.5 Å². The van der Waals surface area contributed by atoms with Crippen molar-refractivity contribution in [3.63, 3.8) is 0 Å². The number of aliphatic hydroxyl groups is 2. The number of β-amino-alcohol motifs (C(OH)–C–C–N with tert-alkyl or cyclic N) is 1. The van der Waals surface area contributed by atoms with Crippen LogP contribution in [0, 0.1) is 0 Å². The SMILES string of the molecule is OC[C@H]1CCCN1C[C@H](O)COc1ccc2ccccc2c1. The molecule has 22 heavy (non-hydrogen) atoms. The highest BCUT2D eigenvalue weighted by molar-refractivity contribution is 5.83. The molecule has 0 amide bonds. The van der Waals surface area contributed by atoms with Crippen LogP contribution in [0.15, 0.2) is 42.5 Å². The van der Waals surface area contributed by atoms with Crippen LogP contribution in [0.3, 0.4) is 0 Å². The first kappa shape index (κ1) is 15.3. The zero-order valence-corrected chi connectivity index (χ0v) is 12.7. The zero-order valence-electron chi connectivity index (χ0n) is 12.7. The van der Waals surface area contributed by atoms with Crippen LogP contribution in [-0.4, -0.2) is 53.6 Å². The van der Waals surface area contributed by atoms with E-state index < -0.39 is 6.10 Å². The molecule has 0 aromatic heterocycles. The summed E-state index contributed by atoms with van der Waals surface area (Å²) >= 11 is 0. The molecular formula is C18H23NO3. The highest BCUT2D eigenvalue weighted by atomic mass is 16.5. The van der Waals surface area contributed by atoms with Gasteiger partial charge < -0.3 is 14.9 Å². The van der Waals surface area contributed by atoms with E-state index in [1.807, 2.05) is 30.3 Å². The first-order valence-electron chi connectivity index (χ1n) is 7.91. The van der Waals surface area contributed by atoms with Gasteiger partial charge in [-0.25, -0.2) is 0 Å². The Hall–Kier alpha value is -1.62. The zero-order chi connectivity index (χ0) is 15.4. The minimum Gasteiger partial charge on any atom is -0.491 e. The molecule has 3 rings (SSSR count). The van der Waals surface area contributed by atoms with E-state index in [0.29, 0.717) is 6.54 Å². The van der Waals surface area contributed by atoms with E-state index >= 15 is 0 Å². The largest absolute Gasteiger partial charge is 0.491 e. The van der Waals surface area contributed by atoms with E-state index in [0.717, 1.165) is 30.5 Å². The molecule has 1 fully saturated rings. The van der Waals surface area contributed by atoms with Gasteiger partial charge in [0.15, 0.2) is 0 Å². The molecule has 1 aliphatic heterocycles. The Morgan fingerprint density at radius 2 is 2.00 bits per heavy atom. The summed E-state index contributed by atoms with van der Waals surface area (Å²) in [6, 6.07) is 14.3. The minimum atomic E-state index is -0.543. The Morgan fingerprint density at radius 1 is 1.18 bits per heavy atom. The topological polar surface area (TPSA) is 52.9 Å². The Kier molecular flexibility index (Phi) is 4.93. The van der Waals surface area contributed by atoms with E-state index in [-0.39, 0.29) is 19.3 Å². The fraction of sp³-hybridized carbons (Fsp3) is 0.444. The molecule has 1 heterocycles. The first-order valence-corrected chi connectivity index (χ1v) is 7.91. The monoisotopic (exact) mass is 301 g/mol. The van der Waals surface area contributed by atoms with Crippen molar-refractivity contribution >= 4 is 10.8 Å². The van der Waals surface area contributed by atoms with Gasteiger partial charge in [0, 0.05) is 12.6 Å². The number of benzene rings is 2. The van der Waals surface area contributed by atoms with Crippen molar-refractivity contribution in [3.8, 4) is 5.75 Å². The van der Waals surface area contributed by atoms with Gasteiger partial charge in [0.25, 0.3) is 0 Å². The molecule has 2 N–H and O–H groups in total. The summed E-state index contributed by atoms with van der Waals surface area (Å²) in [6.07, 6.45) is 1.55. The lowest BCUT2D eigenvalue weighted by Gasteiger charge is -2.25. The van der Waals surface area contributed by atoms with Gasteiger partial charge in [-0.05, 0) is 42.3 Å². The Balaban J connectivity index is 1.54. The van der Waals surface area contributed by atoms with Gasteiger partial charge in [0.2, 0.25) is 0 Å². The van der Waals surface area contributed by atoms with Gasteiger partial charge >= 0.3 is 0 Å². The molecule has 118 valence electrons. The standard InChI is InChI=1S/C18H23NO3/c20-12-16-6-3-9-19(16)11-17(21)13-22-18-8-7-14-4-1-2-5-15(14)10-18/h1-2,4-5,7-8,10,16-17,20-21H,3,6,9,11-13H2/t16-,17+/m1/s1. The minimum absolute atomic E-state index is 0.165. The number of fused-ring (bicyclic) bond motifs is 1. The number of nitrogens with zero attached hydrogens (tertiary/aromatic N) is 1. The van der Waals surface area contributed by atoms with Crippen molar-refractivity contribution < 1.29 is 14.9 Å². The Labute approximate surface area is 130 Å². The van der Waals surface area contributed by atoms with Crippen molar-refractivity contribution in [2.75, 3.05) is 26.3 Å². The summed E-state index contributed by atoms with van der Waals surface area (Å²) in [7, 11) is 0. The number of rotatable bonds is 6. The number of aliphatic hydroxyl groups excluding tert-OH is 2. The van der Waals surface area contributed by atoms with Gasteiger partial charge in [-0.15, -0.1) is 0 Å².